The number of nitrogens with one attached hydrogen (secondary N) is 1. The van der Waals surface area contributed by atoms with E-state index in [2.05, 4.69) is 4.72 Å². The maximum absolute atomic E-state index is 12.8. The fourth-order valence-electron chi connectivity index (χ4n) is 2.82. The fourth-order valence-corrected chi connectivity index (χ4v) is 3.92. The quantitative estimate of drug-likeness (QED) is 0.882. The molecule has 1 heterocycles. The van der Waals surface area contributed by atoms with Gasteiger partial charge in [0, 0.05) is 19.2 Å². The number of benzene rings is 2. The second-order valence-electron chi connectivity index (χ2n) is 5.90. The van der Waals surface area contributed by atoms with Crippen molar-refractivity contribution in [3.63, 3.8) is 0 Å². The van der Waals surface area contributed by atoms with E-state index >= 15 is 0 Å². The van der Waals surface area contributed by atoms with Gasteiger partial charge in [0.2, 0.25) is 5.91 Å². The molecule has 2 aromatic carbocycles. The van der Waals surface area contributed by atoms with Crippen molar-refractivity contribution in [1.29, 1.82) is 0 Å². The predicted molar refractivity (Wildman–Crippen MR) is 90.4 cm³/mol. The highest BCUT2D eigenvalue weighted by Crippen LogP contribution is 2.33. The SMILES string of the molecule is CC(=O)N1CCc2ccc(NS(=O)(=O)c3cccc(C(F)(F)F)c3)cc21. The summed E-state index contributed by atoms with van der Waals surface area (Å²) >= 11 is 0. The number of carbonyl (C=O) groups excluding carboxylic acids is 1. The van der Waals surface area contributed by atoms with Gasteiger partial charge in [-0.05, 0) is 42.3 Å². The monoisotopic (exact) mass is 384 g/mol. The Morgan fingerprint density at radius 1 is 1.15 bits per heavy atom. The number of fused-ring (bicyclic) bond motifs is 1. The molecule has 0 atom stereocenters. The molecule has 0 saturated heterocycles. The van der Waals surface area contributed by atoms with E-state index in [0.29, 0.717) is 24.7 Å². The van der Waals surface area contributed by atoms with Crippen molar-refractivity contribution in [3.05, 3.63) is 53.6 Å². The molecule has 2 aromatic rings. The van der Waals surface area contributed by atoms with Crippen LogP contribution in [0.1, 0.15) is 18.1 Å². The molecule has 0 fully saturated rings. The molecule has 0 bridgehead atoms. The first-order valence-electron chi connectivity index (χ1n) is 7.69. The summed E-state index contributed by atoms with van der Waals surface area (Å²) in [4.78, 5) is 12.7. The number of halogens is 3. The number of sulfonamides is 1. The average molecular weight is 384 g/mol. The van der Waals surface area contributed by atoms with Gasteiger partial charge in [0.25, 0.3) is 10.0 Å². The van der Waals surface area contributed by atoms with Crippen LogP contribution in [0.15, 0.2) is 47.4 Å². The van der Waals surface area contributed by atoms with Crippen LogP contribution in [-0.4, -0.2) is 20.9 Å². The van der Waals surface area contributed by atoms with Crippen molar-refractivity contribution in [3.8, 4) is 0 Å². The van der Waals surface area contributed by atoms with Crippen molar-refractivity contribution in [2.45, 2.75) is 24.4 Å². The predicted octanol–water partition coefficient (Wildman–Crippen LogP) is 3.42. The highest BCUT2D eigenvalue weighted by molar-refractivity contribution is 7.92. The normalized spacial score (nSPS) is 14.2. The van der Waals surface area contributed by atoms with Crippen LogP contribution in [0.25, 0.3) is 0 Å². The lowest BCUT2D eigenvalue weighted by Crippen LogP contribution is -2.25. The lowest BCUT2D eigenvalue weighted by atomic mass is 10.1. The standard InChI is InChI=1S/C17H15F3N2O3S/c1-11(23)22-8-7-12-5-6-14(10-16(12)22)21-26(24,25)15-4-2-3-13(9-15)17(18,19)20/h2-6,9-10,21H,7-8H2,1H3. The van der Waals surface area contributed by atoms with Gasteiger partial charge in [-0.1, -0.05) is 12.1 Å². The maximum atomic E-state index is 12.8. The summed E-state index contributed by atoms with van der Waals surface area (Å²) in [5.74, 6) is -0.165. The number of anilines is 2. The third-order valence-corrected chi connectivity index (χ3v) is 5.46. The number of rotatable bonds is 3. The molecule has 0 aromatic heterocycles. The maximum Gasteiger partial charge on any atom is 0.416 e. The molecular weight excluding hydrogens is 369 g/mol. The minimum atomic E-state index is -4.64. The Balaban J connectivity index is 1.92. The molecule has 1 amide bonds. The molecular formula is C17H15F3N2O3S. The molecule has 0 unspecified atom stereocenters. The lowest BCUT2D eigenvalue weighted by Gasteiger charge is -2.16. The number of carbonyl (C=O) groups is 1. The first-order chi connectivity index (χ1) is 12.1. The zero-order chi connectivity index (χ0) is 19.1. The van der Waals surface area contributed by atoms with E-state index in [-0.39, 0.29) is 11.6 Å². The smallest absolute Gasteiger partial charge is 0.312 e. The molecule has 1 N–H and O–H groups in total. The molecule has 5 nitrogen and oxygen atoms in total. The summed E-state index contributed by atoms with van der Waals surface area (Å²) in [6.07, 6.45) is -3.98. The molecule has 0 saturated carbocycles. The molecule has 9 heteroatoms. The van der Waals surface area contributed by atoms with E-state index in [1.807, 2.05) is 0 Å². The van der Waals surface area contributed by atoms with E-state index in [1.54, 1.807) is 6.07 Å². The van der Waals surface area contributed by atoms with Gasteiger partial charge in [-0.2, -0.15) is 13.2 Å². The second-order valence-corrected chi connectivity index (χ2v) is 7.58. The van der Waals surface area contributed by atoms with Gasteiger partial charge in [-0.15, -0.1) is 0 Å². The summed E-state index contributed by atoms with van der Waals surface area (Å²) < 4.78 is 65.5. The van der Waals surface area contributed by atoms with Crippen molar-refractivity contribution < 1.29 is 26.4 Å². The molecule has 0 spiro atoms. The molecule has 1 aliphatic heterocycles. The summed E-state index contributed by atoms with van der Waals surface area (Å²) in [5, 5.41) is 0. The van der Waals surface area contributed by atoms with Gasteiger partial charge in [0.15, 0.2) is 0 Å². The first kappa shape index (κ1) is 18.2. The van der Waals surface area contributed by atoms with E-state index < -0.39 is 26.7 Å². The van der Waals surface area contributed by atoms with Gasteiger partial charge < -0.3 is 4.90 Å². The molecule has 138 valence electrons. The third-order valence-electron chi connectivity index (χ3n) is 4.08. The third kappa shape index (κ3) is 3.52. The Morgan fingerprint density at radius 3 is 2.54 bits per heavy atom. The summed E-state index contributed by atoms with van der Waals surface area (Å²) in [5.41, 5.74) is 0.635. The van der Waals surface area contributed by atoms with Gasteiger partial charge >= 0.3 is 6.18 Å². The molecule has 0 radical (unpaired) electrons. The van der Waals surface area contributed by atoms with Crippen molar-refractivity contribution in [2.75, 3.05) is 16.2 Å². The number of nitrogens with zero attached hydrogens (tertiary/aromatic N) is 1. The van der Waals surface area contributed by atoms with Gasteiger partial charge in [0.05, 0.1) is 16.1 Å². The van der Waals surface area contributed by atoms with E-state index in [1.165, 1.54) is 24.0 Å². The van der Waals surface area contributed by atoms with Crippen molar-refractivity contribution in [2.24, 2.45) is 0 Å². The number of alkyl halides is 3. The largest absolute Gasteiger partial charge is 0.416 e. The summed E-state index contributed by atoms with van der Waals surface area (Å²) in [6, 6.07) is 8.24. The van der Waals surface area contributed by atoms with Crippen LogP contribution in [0.4, 0.5) is 24.5 Å². The van der Waals surface area contributed by atoms with Crippen LogP contribution >= 0.6 is 0 Å². The van der Waals surface area contributed by atoms with Crippen molar-refractivity contribution in [1.82, 2.24) is 0 Å². The Labute approximate surface area is 148 Å². The van der Waals surface area contributed by atoms with Crippen LogP contribution in [0.3, 0.4) is 0 Å². The van der Waals surface area contributed by atoms with Crippen LogP contribution in [0.5, 0.6) is 0 Å². The fraction of sp³-hybridized carbons (Fsp3) is 0.235. The molecule has 3 rings (SSSR count). The number of hydrogen-bond acceptors (Lipinski definition) is 3. The van der Waals surface area contributed by atoms with E-state index in [0.717, 1.165) is 23.8 Å². The number of amides is 1. The lowest BCUT2D eigenvalue weighted by molar-refractivity contribution is -0.137. The average Bonchev–Trinajstić information content (AvgIpc) is 2.97. The van der Waals surface area contributed by atoms with E-state index in [4.69, 9.17) is 0 Å². The highest BCUT2D eigenvalue weighted by atomic mass is 32.2. The van der Waals surface area contributed by atoms with Crippen LogP contribution in [0.2, 0.25) is 0 Å². The Hall–Kier alpha value is -2.55. The van der Waals surface area contributed by atoms with Gasteiger partial charge in [0.1, 0.15) is 0 Å². The molecule has 26 heavy (non-hydrogen) atoms. The first-order valence-corrected chi connectivity index (χ1v) is 9.17. The zero-order valence-electron chi connectivity index (χ0n) is 13.7. The Bertz CT molecular complexity index is 971. The summed E-state index contributed by atoms with van der Waals surface area (Å²) in [6.45, 7) is 1.92. The molecule has 0 aliphatic carbocycles. The van der Waals surface area contributed by atoms with Crippen molar-refractivity contribution >= 4 is 27.3 Å². The van der Waals surface area contributed by atoms with E-state index in [9.17, 15) is 26.4 Å². The van der Waals surface area contributed by atoms with Gasteiger partial charge in [-0.25, -0.2) is 8.42 Å². The van der Waals surface area contributed by atoms with Crippen LogP contribution in [-0.2, 0) is 27.4 Å². The highest BCUT2D eigenvalue weighted by Gasteiger charge is 2.32. The topological polar surface area (TPSA) is 66.5 Å². The Kier molecular flexibility index (Phi) is 4.43. The number of hydrogen-bond donors (Lipinski definition) is 1. The zero-order valence-corrected chi connectivity index (χ0v) is 14.5. The van der Waals surface area contributed by atoms with Crippen LogP contribution < -0.4 is 9.62 Å². The minimum Gasteiger partial charge on any atom is -0.312 e. The molecule has 1 aliphatic rings. The minimum absolute atomic E-state index is 0.165. The van der Waals surface area contributed by atoms with Gasteiger partial charge in [-0.3, -0.25) is 9.52 Å². The summed E-state index contributed by atoms with van der Waals surface area (Å²) in [7, 11) is -4.20. The van der Waals surface area contributed by atoms with Crippen LogP contribution in [0, 0.1) is 0 Å². The Morgan fingerprint density at radius 2 is 1.88 bits per heavy atom. The second kappa shape index (κ2) is 6.31.